The number of nitrogens with one attached hydrogen (secondary N) is 1. The summed E-state index contributed by atoms with van der Waals surface area (Å²) < 4.78 is 0. The molecule has 1 aliphatic rings. The van der Waals surface area contributed by atoms with Gasteiger partial charge >= 0.3 is 0 Å². The van der Waals surface area contributed by atoms with E-state index in [0.717, 1.165) is 12.6 Å². The summed E-state index contributed by atoms with van der Waals surface area (Å²) in [6.07, 6.45) is 3.89. The standard InChI is InChI=1S/C18H39N3/c1-8-18(6,14-19-17(3,4)5)15-20(7)16-10-12-21(9-2)13-11-16/h16,19H,8-15H2,1-7H3. The normalized spacial score (nSPS) is 21.7. The van der Waals surface area contributed by atoms with Gasteiger partial charge in [0.05, 0.1) is 0 Å². The molecule has 1 fully saturated rings. The smallest absolute Gasteiger partial charge is 0.0117 e. The van der Waals surface area contributed by atoms with E-state index in [1.807, 2.05) is 0 Å². The van der Waals surface area contributed by atoms with Crippen molar-refractivity contribution >= 4 is 0 Å². The Morgan fingerprint density at radius 2 is 1.67 bits per heavy atom. The molecule has 0 radical (unpaired) electrons. The van der Waals surface area contributed by atoms with Gasteiger partial charge in [-0.15, -0.1) is 0 Å². The van der Waals surface area contributed by atoms with Gasteiger partial charge in [-0.2, -0.15) is 0 Å². The molecule has 126 valence electrons. The first-order valence-corrected chi connectivity index (χ1v) is 8.87. The van der Waals surface area contributed by atoms with Crippen molar-refractivity contribution in [2.24, 2.45) is 5.41 Å². The van der Waals surface area contributed by atoms with E-state index in [1.165, 1.54) is 45.4 Å². The van der Waals surface area contributed by atoms with Crippen molar-refractivity contribution < 1.29 is 0 Å². The van der Waals surface area contributed by atoms with Gasteiger partial charge in [0.1, 0.15) is 0 Å². The Morgan fingerprint density at radius 3 is 2.10 bits per heavy atom. The fourth-order valence-corrected chi connectivity index (χ4v) is 3.18. The van der Waals surface area contributed by atoms with Crippen LogP contribution in [0.2, 0.25) is 0 Å². The molecule has 0 amide bonds. The lowest BCUT2D eigenvalue weighted by Gasteiger charge is -2.41. The first-order chi connectivity index (χ1) is 9.69. The van der Waals surface area contributed by atoms with Crippen LogP contribution in [-0.4, -0.2) is 61.2 Å². The van der Waals surface area contributed by atoms with Crippen molar-refractivity contribution in [3.8, 4) is 0 Å². The zero-order chi connectivity index (χ0) is 16.1. The average molecular weight is 298 g/mol. The molecule has 3 heteroatoms. The van der Waals surface area contributed by atoms with Crippen LogP contribution in [0.1, 0.15) is 60.8 Å². The molecular formula is C18H39N3. The molecule has 3 nitrogen and oxygen atoms in total. The topological polar surface area (TPSA) is 18.5 Å². The van der Waals surface area contributed by atoms with E-state index in [0.29, 0.717) is 5.41 Å². The average Bonchev–Trinajstić information content (AvgIpc) is 2.44. The number of nitrogens with zero attached hydrogens (tertiary/aromatic N) is 2. The maximum atomic E-state index is 3.70. The van der Waals surface area contributed by atoms with Crippen LogP contribution in [0.4, 0.5) is 0 Å². The quantitative estimate of drug-likeness (QED) is 0.778. The summed E-state index contributed by atoms with van der Waals surface area (Å²) in [5.74, 6) is 0. The van der Waals surface area contributed by atoms with Crippen LogP contribution >= 0.6 is 0 Å². The predicted molar refractivity (Wildman–Crippen MR) is 93.9 cm³/mol. The van der Waals surface area contributed by atoms with Crippen LogP contribution in [0.3, 0.4) is 0 Å². The van der Waals surface area contributed by atoms with E-state index >= 15 is 0 Å². The molecule has 21 heavy (non-hydrogen) atoms. The van der Waals surface area contributed by atoms with Gasteiger partial charge in [0, 0.05) is 24.7 Å². The molecule has 0 bridgehead atoms. The highest BCUT2D eigenvalue weighted by molar-refractivity contribution is 4.86. The fraction of sp³-hybridized carbons (Fsp3) is 1.00. The largest absolute Gasteiger partial charge is 0.311 e. The molecular weight excluding hydrogens is 258 g/mol. The van der Waals surface area contributed by atoms with Gasteiger partial charge in [-0.1, -0.05) is 20.8 Å². The van der Waals surface area contributed by atoms with Crippen LogP contribution in [0.5, 0.6) is 0 Å². The second kappa shape index (κ2) is 7.94. The number of likely N-dealkylation sites (tertiary alicyclic amines) is 1. The van der Waals surface area contributed by atoms with Gasteiger partial charge in [0.2, 0.25) is 0 Å². The summed E-state index contributed by atoms with van der Waals surface area (Å²) >= 11 is 0. The summed E-state index contributed by atoms with van der Waals surface area (Å²) in [5, 5.41) is 3.70. The number of piperidine rings is 1. The zero-order valence-electron chi connectivity index (χ0n) is 15.6. The van der Waals surface area contributed by atoms with Crippen LogP contribution in [0.25, 0.3) is 0 Å². The molecule has 1 heterocycles. The second-order valence-electron chi connectivity index (χ2n) is 8.35. The molecule has 0 saturated carbocycles. The van der Waals surface area contributed by atoms with E-state index < -0.39 is 0 Å². The van der Waals surface area contributed by atoms with Gasteiger partial charge < -0.3 is 15.1 Å². The molecule has 0 aromatic heterocycles. The third-order valence-corrected chi connectivity index (χ3v) is 5.16. The Morgan fingerprint density at radius 1 is 1.10 bits per heavy atom. The summed E-state index contributed by atoms with van der Waals surface area (Å²) in [6.45, 7) is 19.9. The van der Waals surface area contributed by atoms with Crippen LogP contribution < -0.4 is 5.32 Å². The van der Waals surface area contributed by atoms with Crippen molar-refractivity contribution in [1.82, 2.24) is 15.1 Å². The predicted octanol–water partition coefficient (Wildman–Crippen LogP) is 3.21. The van der Waals surface area contributed by atoms with Crippen LogP contribution in [-0.2, 0) is 0 Å². The third kappa shape index (κ3) is 6.66. The Balaban J connectivity index is 2.48. The zero-order valence-corrected chi connectivity index (χ0v) is 15.6. The Labute approximate surface area is 133 Å². The van der Waals surface area contributed by atoms with E-state index in [2.05, 4.69) is 63.7 Å². The highest BCUT2D eigenvalue weighted by atomic mass is 15.2. The number of hydrogen-bond acceptors (Lipinski definition) is 3. The lowest BCUT2D eigenvalue weighted by molar-refractivity contribution is 0.0876. The van der Waals surface area contributed by atoms with Crippen molar-refractivity contribution in [1.29, 1.82) is 0 Å². The minimum Gasteiger partial charge on any atom is -0.311 e. The Hall–Kier alpha value is -0.120. The Kier molecular flexibility index (Phi) is 7.15. The highest BCUT2D eigenvalue weighted by Gasteiger charge is 2.29. The lowest BCUT2D eigenvalue weighted by Crippen LogP contribution is -2.50. The van der Waals surface area contributed by atoms with Gasteiger partial charge in [-0.05, 0) is 72.1 Å². The number of hydrogen-bond donors (Lipinski definition) is 1. The second-order valence-corrected chi connectivity index (χ2v) is 8.35. The van der Waals surface area contributed by atoms with E-state index in [4.69, 9.17) is 0 Å². The maximum Gasteiger partial charge on any atom is 0.0117 e. The molecule has 1 rings (SSSR count). The van der Waals surface area contributed by atoms with Crippen molar-refractivity contribution in [2.45, 2.75) is 72.4 Å². The van der Waals surface area contributed by atoms with Gasteiger partial charge in [0.25, 0.3) is 0 Å². The first kappa shape index (κ1) is 18.9. The monoisotopic (exact) mass is 297 g/mol. The fourth-order valence-electron chi connectivity index (χ4n) is 3.18. The van der Waals surface area contributed by atoms with Crippen LogP contribution in [0, 0.1) is 5.41 Å². The molecule has 0 spiro atoms. The SMILES string of the molecule is CCN1CCC(N(C)CC(C)(CC)CNC(C)(C)C)CC1. The van der Waals surface area contributed by atoms with Gasteiger partial charge in [0.15, 0.2) is 0 Å². The molecule has 1 N–H and O–H groups in total. The molecule has 0 aliphatic carbocycles. The van der Waals surface area contributed by atoms with E-state index in [9.17, 15) is 0 Å². The molecule has 1 atom stereocenters. The third-order valence-electron chi connectivity index (χ3n) is 5.16. The van der Waals surface area contributed by atoms with Crippen LogP contribution in [0.15, 0.2) is 0 Å². The number of rotatable bonds is 7. The minimum atomic E-state index is 0.210. The van der Waals surface area contributed by atoms with Gasteiger partial charge in [-0.25, -0.2) is 0 Å². The van der Waals surface area contributed by atoms with E-state index in [1.54, 1.807) is 0 Å². The minimum absolute atomic E-state index is 0.210. The summed E-state index contributed by atoms with van der Waals surface area (Å²) in [7, 11) is 2.33. The summed E-state index contributed by atoms with van der Waals surface area (Å²) in [6, 6.07) is 0.772. The maximum absolute atomic E-state index is 3.70. The van der Waals surface area contributed by atoms with E-state index in [-0.39, 0.29) is 5.54 Å². The summed E-state index contributed by atoms with van der Waals surface area (Å²) in [5.41, 5.74) is 0.575. The molecule has 1 unspecified atom stereocenters. The highest BCUT2D eigenvalue weighted by Crippen LogP contribution is 2.25. The molecule has 1 saturated heterocycles. The molecule has 0 aromatic rings. The van der Waals surface area contributed by atoms with Gasteiger partial charge in [-0.3, -0.25) is 0 Å². The first-order valence-electron chi connectivity index (χ1n) is 8.87. The molecule has 1 aliphatic heterocycles. The molecule has 0 aromatic carbocycles. The van der Waals surface area contributed by atoms with Crippen molar-refractivity contribution in [2.75, 3.05) is 39.8 Å². The lowest BCUT2D eigenvalue weighted by atomic mass is 9.85. The summed E-state index contributed by atoms with van der Waals surface area (Å²) in [4.78, 5) is 5.20. The van der Waals surface area contributed by atoms with Crippen molar-refractivity contribution in [3.05, 3.63) is 0 Å². The van der Waals surface area contributed by atoms with Crippen molar-refractivity contribution in [3.63, 3.8) is 0 Å². The Bertz CT molecular complexity index is 289.